The van der Waals surface area contributed by atoms with Crippen molar-refractivity contribution in [2.24, 2.45) is 5.92 Å². The zero-order chi connectivity index (χ0) is 13.1. The Hall–Kier alpha value is -1.12. The van der Waals surface area contributed by atoms with Gasteiger partial charge in [0.25, 0.3) is 0 Å². The second-order valence-corrected chi connectivity index (χ2v) is 6.14. The minimum absolute atomic E-state index is 0.592. The van der Waals surface area contributed by atoms with Gasteiger partial charge >= 0.3 is 0 Å². The molecule has 1 aromatic rings. The van der Waals surface area contributed by atoms with E-state index in [-0.39, 0.29) is 0 Å². The molecule has 2 aliphatic carbocycles. The first-order chi connectivity index (χ1) is 9.36. The number of nitrogens with zero attached hydrogens (tertiary/aromatic N) is 2. The summed E-state index contributed by atoms with van der Waals surface area (Å²) in [5.74, 6) is 2.09. The van der Waals surface area contributed by atoms with Gasteiger partial charge in [0.05, 0.1) is 0 Å². The highest BCUT2D eigenvalue weighted by molar-refractivity contribution is 5.47. The Morgan fingerprint density at radius 2 is 2.05 bits per heavy atom. The molecule has 104 valence electrons. The van der Waals surface area contributed by atoms with Crippen LogP contribution in [0.1, 0.15) is 63.1 Å². The summed E-state index contributed by atoms with van der Waals surface area (Å²) in [7, 11) is 0. The van der Waals surface area contributed by atoms with Crippen molar-refractivity contribution in [2.45, 2.75) is 70.8 Å². The lowest BCUT2D eigenvalue weighted by Gasteiger charge is -2.20. The third-order valence-corrected chi connectivity index (χ3v) is 4.52. The lowest BCUT2D eigenvalue weighted by molar-refractivity contribution is 0.584. The summed E-state index contributed by atoms with van der Waals surface area (Å²) in [6, 6.07) is 0.592. The smallest absolute Gasteiger partial charge is 0.133 e. The Labute approximate surface area is 116 Å². The number of hydrogen-bond acceptors (Lipinski definition) is 3. The van der Waals surface area contributed by atoms with Crippen LogP contribution < -0.4 is 5.32 Å². The maximum atomic E-state index is 4.53. The van der Waals surface area contributed by atoms with Gasteiger partial charge < -0.3 is 5.32 Å². The van der Waals surface area contributed by atoms with Crippen LogP contribution in [-0.2, 0) is 12.8 Å². The van der Waals surface area contributed by atoms with Crippen LogP contribution in [-0.4, -0.2) is 16.0 Å². The Kier molecular flexibility index (Phi) is 4.00. The standard InChI is InChI=1S/C16H25N3/c1-2-13(10-12-8-9-12)19-16-14-6-4-3-5-7-15(14)17-11-18-16/h11-13H,2-10H2,1H3,(H,17,18,19). The molecule has 0 radical (unpaired) electrons. The molecule has 1 aromatic heterocycles. The first-order valence-electron chi connectivity index (χ1n) is 7.96. The van der Waals surface area contributed by atoms with Gasteiger partial charge in [0.2, 0.25) is 0 Å². The second-order valence-electron chi connectivity index (χ2n) is 6.14. The fourth-order valence-electron chi connectivity index (χ4n) is 3.10. The molecule has 19 heavy (non-hydrogen) atoms. The Bertz CT molecular complexity index is 426. The van der Waals surface area contributed by atoms with Crippen molar-refractivity contribution in [1.29, 1.82) is 0 Å². The molecular formula is C16H25N3. The highest BCUT2D eigenvalue weighted by atomic mass is 15.0. The van der Waals surface area contributed by atoms with Crippen LogP contribution in [0, 0.1) is 5.92 Å². The van der Waals surface area contributed by atoms with Crippen LogP contribution in [0.5, 0.6) is 0 Å². The quantitative estimate of drug-likeness (QED) is 0.819. The molecule has 2 aliphatic rings. The van der Waals surface area contributed by atoms with Crippen molar-refractivity contribution in [3.05, 3.63) is 17.6 Å². The van der Waals surface area contributed by atoms with Gasteiger partial charge in [-0.1, -0.05) is 26.2 Å². The van der Waals surface area contributed by atoms with E-state index in [0.717, 1.165) is 24.6 Å². The van der Waals surface area contributed by atoms with Gasteiger partial charge in [-0.3, -0.25) is 0 Å². The first-order valence-corrected chi connectivity index (χ1v) is 7.96. The Morgan fingerprint density at radius 3 is 2.84 bits per heavy atom. The van der Waals surface area contributed by atoms with Gasteiger partial charge in [-0.2, -0.15) is 0 Å². The zero-order valence-electron chi connectivity index (χ0n) is 12.0. The molecule has 3 rings (SSSR count). The summed E-state index contributed by atoms with van der Waals surface area (Å²) in [5.41, 5.74) is 2.69. The van der Waals surface area contributed by atoms with Crippen LogP contribution in [0.15, 0.2) is 6.33 Å². The average Bonchev–Trinajstić information content (AvgIpc) is 3.24. The summed E-state index contributed by atoms with van der Waals surface area (Å²) < 4.78 is 0. The van der Waals surface area contributed by atoms with E-state index < -0.39 is 0 Å². The van der Waals surface area contributed by atoms with Crippen molar-refractivity contribution >= 4 is 5.82 Å². The minimum atomic E-state index is 0.592. The van der Waals surface area contributed by atoms with Crippen LogP contribution in [0.25, 0.3) is 0 Å². The number of aromatic nitrogens is 2. The number of rotatable bonds is 5. The van der Waals surface area contributed by atoms with Crippen molar-refractivity contribution in [3.63, 3.8) is 0 Å². The molecule has 3 nitrogen and oxygen atoms in total. The van der Waals surface area contributed by atoms with Crippen molar-refractivity contribution in [3.8, 4) is 0 Å². The number of aryl methyl sites for hydroxylation is 1. The predicted octanol–water partition coefficient (Wildman–Crippen LogP) is 3.74. The SMILES string of the molecule is CCC(CC1CC1)Nc1ncnc2c1CCCCC2. The normalized spacial score (nSPS) is 20.5. The van der Waals surface area contributed by atoms with Crippen LogP contribution >= 0.6 is 0 Å². The molecule has 0 saturated heterocycles. The fourth-order valence-corrected chi connectivity index (χ4v) is 3.10. The van der Waals surface area contributed by atoms with E-state index in [9.17, 15) is 0 Å². The van der Waals surface area contributed by atoms with Crippen LogP contribution in [0.3, 0.4) is 0 Å². The van der Waals surface area contributed by atoms with Gasteiger partial charge in [-0.25, -0.2) is 9.97 Å². The minimum Gasteiger partial charge on any atom is -0.367 e. The molecule has 0 aromatic carbocycles. The second kappa shape index (κ2) is 5.89. The van der Waals surface area contributed by atoms with Gasteiger partial charge in [-0.05, 0) is 44.4 Å². The molecule has 0 aliphatic heterocycles. The summed E-state index contributed by atoms with van der Waals surface area (Å²) in [4.78, 5) is 9.02. The third-order valence-electron chi connectivity index (χ3n) is 4.52. The van der Waals surface area contributed by atoms with Crippen LogP contribution in [0.4, 0.5) is 5.82 Å². The maximum Gasteiger partial charge on any atom is 0.133 e. The lowest BCUT2D eigenvalue weighted by Crippen LogP contribution is -2.21. The average molecular weight is 259 g/mol. The summed E-state index contributed by atoms with van der Waals surface area (Å²) in [5, 5.41) is 3.70. The maximum absolute atomic E-state index is 4.53. The van der Waals surface area contributed by atoms with Gasteiger partial charge in [0, 0.05) is 17.3 Å². The highest BCUT2D eigenvalue weighted by Gasteiger charge is 2.25. The Morgan fingerprint density at radius 1 is 1.21 bits per heavy atom. The monoisotopic (exact) mass is 259 g/mol. The zero-order valence-corrected chi connectivity index (χ0v) is 12.0. The fraction of sp³-hybridized carbons (Fsp3) is 0.750. The highest BCUT2D eigenvalue weighted by Crippen LogP contribution is 2.35. The summed E-state index contributed by atoms with van der Waals surface area (Å²) in [6.07, 6.45) is 13.3. The van der Waals surface area contributed by atoms with E-state index in [1.54, 1.807) is 6.33 Å². The van der Waals surface area contributed by atoms with Crippen LogP contribution in [0.2, 0.25) is 0 Å². The molecule has 1 atom stereocenters. The van der Waals surface area contributed by atoms with E-state index in [4.69, 9.17) is 0 Å². The van der Waals surface area contributed by atoms with E-state index in [1.807, 2.05) is 0 Å². The summed E-state index contributed by atoms with van der Waals surface area (Å²) in [6.45, 7) is 2.28. The Balaban J connectivity index is 1.75. The molecule has 0 amide bonds. The summed E-state index contributed by atoms with van der Waals surface area (Å²) >= 11 is 0. The molecule has 0 spiro atoms. The third kappa shape index (κ3) is 3.26. The van der Waals surface area contributed by atoms with Gasteiger partial charge in [0.15, 0.2) is 0 Å². The van der Waals surface area contributed by atoms with E-state index in [1.165, 1.54) is 56.2 Å². The molecule has 1 saturated carbocycles. The molecular weight excluding hydrogens is 234 g/mol. The number of nitrogens with one attached hydrogen (secondary N) is 1. The molecule has 3 heteroatoms. The van der Waals surface area contributed by atoms with Crippen molar-refractivity contribution < 1.29 is 0 Å². The molecule has 1 unspecified atom stereocenters. The van der Waals surface area contributed by atoms with E-state index in [0.29, 0.717) is 6.04 Å². The molecule has 1 N–H and O–H groups in total. The van der Waals surface area contributed by atoms with E-state index >= 15 is 0 Å². The van der Waals surface area contributed by atoms with Crippen molar-refractivity contribution in [1.82, 2.24) is 9.97 Å². The van der Waals surface area contributed by atoms with Crippen molar-refractivity contribution in [2.75, 3.05) is 5.32 Å². The predicted molar refractivity (Wildman–Crippen MR) is 78.3 cm³/mol. The number of anilines is 1. The topological polar surface area (TPSA) is 37.8 Å². The number of hydrogen-bond donors (Lipinski definition) is 1. The lowest BCUT2D eigenvalue weighted by atomic mass is 10.1. The molecule has 0 bridgehead atoms. The largest absolute Gasteiger partial charge is 0.367 e. The molecule has 1 fully saturated rings. The van der Waals surface area contributed by atoms with Gasteiger partial charge in [-0.15, -0.1) is 0 Å². The number of fused-ring (bicyclic) bond motifs is 1. The van der Waals surface area contributed by atoms with Gasteiger partial charge in [0.1, 0.15) is 12.1 Å². The van der Waals surface area contributed by atoms with E-state index in [2.05, 4.69) is 22.2 Å². The first kappa shape index (κ1) is 12.9. The molecule has 1 heterocycles.